The summed E-state index contributed by atoms with van der Waals surface area (Å²) < 4.78 is 17.6. The second-order valence-corrected chi connectivity index (χ2v) is 11.6. The molecule has 0 aliphatic carbocycles. The van der Waals surface area contributed by atoms with E-state index in [2.05, 4.69) is 32.6 Å². The van der Waals surface area contributed by atoms with Gasteiger partial charge in [-0.25, -0.2) is 0 Å². The van der Waals surface area contributed by atoms with Crippen LogP contribution in [0.4, 0.5) is 0 Å². The molecule has 1 saturated heterocycles. The molecule has 0 spiro atoms. The summed E-state index contributed by atoms with van der Waals surface area (Å²) in [5.74, 6) is 0.658. The van der Waals surface area contributed by atoms with Crippen molar-refractivity contribution in [3.05, 3.63) is 95.1 Å². The zero-order valence-electron chi connectivity index (χ0n) is 27.1. The monoisotopic (exact) mass is 614 g/mol. The lowest BCUT2D eigenvalue weighted by Gasteiger charge is -2.27. The smallest absolute Gasteiger partial charge is 0.295 e. The summed E-state index contributed by atoms with van der Waals surface area (Å²) >= 11 is 0. The predicted octanol–water partition coefficient (Wildman–Crippen LogP) is 6.85. The van der Waals surface area contributed by atoms with E-state index in [1.54, 1.807) is 42.3 Å². The van der Waals surface area contributed by atoms with Gasteiger partial charge in [0.15, 0.2) is 11.5 Å². The standard InChI is InChI=1S/C37H46N2O6/c1-6-38(7-2)21-11-22-39-34(29-16-19-31(32(24-29)43-5)44-23-20-26(3)4)33(36(41)37(39)42)35(40)28-14-17-30(18-15-28)45-25-27-12-9-8-10-13-27/h8-10,12-19,24,26,34,40H,6-7,11,20-23,25H2,1-5H3/b35-33-. The number of methoxy groups -OCH3 is 1. The molecule has 0 radical (unpaired) electrons. The van der Waals surface area contributed by atoms with E-state index in [-0.39, 0.29) is 11.3 Å². The van der Waals surface area contributed by atoms with Crippen LogP contribution in [0.25, 0.3) is 5.76 Å². The fraction of sp³-hybridized carbons (Fsp3) is 0.405. The van der Waals surface area contributed by atoms with Crippen LogP contribution in [0.1, 0.15) is 63.3 Å². The molecule has 1 N–H and O–H groups in total. The SMILES string of the molecule is CCN(CC)CCCN1C(=O)C(=O)/C(=C(\O)c2ccc(OCc3ccccc3)cc2)C1c1ccc(OCCC(C)C)c(OC)c1. The molecule has 4 rings (SSSR count). The molecule has 1 amide bonds. The first-order valence-corrected chi connectivity index (χ1v) is 15.9. The van der Waals surface area contributed by atoms with Crippen molar-refractivity contribution in [2.24, 2.45) is 5.92 Å². The van der Waals surface area contributed by atoms with E-state index in [1.807, 2.05) is 42.5 Å². The van der Waals surface area contributed by atoms with Gasteiger partial charge >= 0.3 is 0 Å². The average molecular weight is 615 g/mol. The van der Waals surface area contributed by atoms with Gasteiger partial charge in [-0.3, -0.25) is 9.59 Å². The Morgan fingerprint density at radius 3 is 2.29 bits per heavy atom. The van der Waals surface area contributed by atoms with E-state index in [1.165, 1.54) is 0 Å². The van der Waals surface area contributed by atoms with Crippen molar-refractivity contribution in [2.45, 2.75) is 53.2 Å². The van der Waals surface area contributed by atoms with Gasteiger partial charge in [-0.15, -0.1) is 0 Å². The molecule has 0 aromatic heterocycles. The molecular weight excluding hydrogens is 568 g/mol. The highest BCUT2D eigenvalue weighted by Crippen LogP contribution is 2.42. The summed E-state index contributed by atoms with van der Waals surface area (Å²) in [7, 11) is 1.57. The Morgan fingerprint density at radius 2 is 1.64 bits per heavy atom. The van der Waals surface area contributed by atoms with Gasteiger partial charge in [-0.2, -0.15) is 0 Å². The third-order valence-corrected chi connectivity index (χ3v) is 8.14. The number of aliphatic hydroxyl groups excluding tert-OH is 1. The van der Waals surface area contributed by atoms with Gasteiger partial charge < -0.3 is 29.1 Å². The van der Waals surface area contributed by atoms with Gasteiger partial charge in [0.1, 0.15) is 18.1 Å². The van der Waals surface area contributed by atoms with Crippen LogP contribution in [-0.2, 0) is 16.2 Å². The van der Waals surface area contributed by atoms with Gasteiger partial charge in [0, 0.05) is 12.1 Å². The largest absolute Gasteiger partial charge is 0.507 e. The zero-order valence-corrected chi connectivity index (χ0v) is 27.1. The van der Waals surface area contributed by atoms with E-state index in [4.69, 9.17) is 14.2 Å². The topological polar surface area (TPSA) is 88.5 Å². The molecule has 1 aliphatic heterocycles. The lowest BCUT2D eigenvalue weighted by atomic mass is 9.95. The van der Waals surface area contributed by atoms with Crippen LogP contribution in [0.2, 0.25) is 0 Å². The van der Waals surface area contributed by atoms with Crippen LogP contribution >= 0.6 is 0 Å². The Hall–Kier alpha value is -4.30. The van der Waals surface area contributed by atoms with Crippen LogP contribution in [0, 0.1) is 5.92 Å². The molecule has 1 aliphatic rings. The minimum atomic E-state index is -0.783. The number of hydrogen-bond acceptors (Lipinski definition) is 7. The lowest BCUT2D eigenvalue weighted by Crippen LogP contribution is -2.33. The summed E-state index contributed by atoms with van der Waals surface area (Å²) in [6.45, 7) is 12.4. The number of ketones is 1. The van der Waals surface area contributed by atoms with E-state index in [0.717, 1.165) is 31.6 Å². The molecular formula is C37H46N2O6. The van der Waals surface area contributed by atoms with Crippen LogP contribution < -0.4 is 14.2 Å². The molecule has 8 heteroatoms. The molecule has 1 fully saturated rings. The lowest BCUT2D eigenvalue weighted by molar-refractivity contribution is -0.140. The minimum Gasteiger partial charge on any atom is -0.507 e. The van der Waals surface area contributed by atoms with E-state index in [9.17, 15) is 14.7 Å². The number of carbonyl (C=O) groups excluding carboxylic acids is 2. The average Bonchev–Trinajstić information content (AvgIpc) is 3.31. The first-order chi connectivity index (χ1) is 21.8. The molecule has 1 heterocycles. The number of Topliss-reactive ketones (excluding diaryl/α,β-unsaturated/α-hetero) is 1. The number of amides is 1. The Kier molecular flexibility index (Phi) is 12.0. The van der Waals surface area contributed by atoms with Crippen LogP contribution in [0.15, 0.2) is 78.4 Å². The molecule has 45 heavy (non-hydrogen) atoms. The first kappa shape index (κ1) is 33.6. The van der Waals surface area contributed by atoms with Crippen molar-refractivity contribution in [3.63, 3.8) is 0 Å². The molecule has 1 unspecified atom stereocenters. The molecule has 0 bridgehead atoms. The number of carbonyl (C=O) groups is 2. The molecule has 0 saturated carbocycles. The Bertz CT molecular complexity index is 1450. The maximum Gasteiger partial charge on any atom is 0.295 e. The Balaban J connectivity index is 1.66. The van der Waals surface area contributed by atoms with Crippen molar-refractivity contribution in [1.29, 1.82) is 0 Å². The number of hydrogen-bond donors (Lipinski definition) is 1. The van der Waals surface area contributed by atoms with Gasteiger partial charge in [0.25, 0.3) is 11.7 Å². The van der Waals surface area contributed by atoms with Crippen molar-refractivity contribution in [1.82, 2.24) is 9.80 Å². The predicted molar refractivity (Wildman–Crippen MR) is 177 cm³/mol. The van der Waals surface area contributed by atoms with E-state index in [0.29, 0.717) is 60.5 Å². The normalized spacial score (nSPS) is 16.1. The maximum atomic E-state index is 13.6. The van der Waals surface area contributed by atoms with Crippen molar-refractivity contribution >= 4 is 17.4 Å². The van der Waals surface area contributed by atoms with Crippen LogP contribution in [0.3, 0.4) is 0 Å². The fourth-order valence-electron chi connectivity index (χ4n) is 5.45. The molecule has 3 aromatic rings. The second kappa shape index (κ2) is 16.1. The Morgan fingerprint density at radius 1 is 0.933 bits per heavy atom. The highest BCUT2D eigenvalue weighted by Gasteiger charge is 2.46. The second-order valence-electron chi connectivity index (χ2n) is 11.6. The molecule has 8 nitrogen and oxygen atoms in total. The van der Waals surface area contributed by atoms with Crippen LogP contribution in [-0.4, -0.2) is 66.5 Å². The summed E-state index contributed by atoms with van der Waals surface area (Å²) in [5, 5.41) is 11.6. The van der Waals surface area contributed by atoms with Gasteiger partial charge in [-0.05, 0) is 85.9 Å². The summed E-state index contributed by atoms with van der Waals surface area (Å²) in [6, 6.07) is 21.4. The fourth-order valence-corrected chi connectivity index (χ4v) is 5.45. The van der Waals surface area contributed by atoms with Gasteiger partial charge in [-0.1, -0.05) is 64.1 Å². The number of benzene rings is 3. The summed E-state index contributed by atoms with van der Waals surface area (Å²) in [6.07, 6.45) is 1.58. The van der Waals surface area contributed by atoms with Crippen molar-refractivity contribution in [3.8, 4) is 17.2 Å². The van der Waals surface area contributed by atoms with Crippen molar-refractivity contribution < 1.29 is 28.9 Å². The number of nitrogens with zero attached hydrogens (tertiary/aromatic N) is 2. The number of aliphatic hydroxyl groups is 1. The van der Waals surface area contributed by atoms with E-state index >= 15 is 0 Å². The van der Waals surface area contributed by atoms with E-state index < -0.39 is 17.7 Å². The van der Waals surface area contributed by atoms with Gasteiger partial charge in [0.2, 0.25) is 0 Å². The molecule has 3 aromatic carbocycles. The minimum absolute atomic E-state index is 0.0522. The molecule has 240 valence electrons. The number of likely N-dealkylation sites (tertiary alicyclic amines) is 1. The first-order valence-electron chi connectivity index (χ1n) is 15.9. The molecule has 1 atom stereocenters. The number of rotatable bonds is 16. The highest BCUT2D eigenvalue weighted by molar-refractivity contribution is 6.46. The quantitative estimate of drug-likeness (QED) is 0.107. The summed E-state index contributed by atoms with van der Waals surface area (Å²) in [5.41, 5.74) is 2.18. The highest BCUT2D eigenvalue weighted by atomic mass is 16.5. The third kappa shape index (κ3) is 8.45. The number of ether oxygens (including phenoxy) is 3. The third-order valence-electron chi connectivity index (χ3n) is 8.14. The maximum absolute atomic E-state index is 13.6. The van der Waals surface area contributed by atoms with Crippen molar-refractivity contribution in [2.75, 3.05) is 39.9 Å². The Labute approximate surface area is 267 Å². The van der Waals surface area contributed by atoms with Gasteiger partial charge in [0.05, 0.1) is 25.3 Å². The zero-order chi connectivity index (χ0) is 32.3. The summed E-state index contributed by atoms with van der Waals surface area (Å²) in [4.78, 5) is 30.9. The van der Waals surface area contributed by atoms with Crippen LogP contribution in [0.5, 0.6) is 17.2 Å².